The SMILES string of the molecule is CC(CN)CN(C)C(=O)c1cncc(F)c1. The molecular weight excluding hydrogens is 209 g/mol. The molecule has 4 nitrogen and oxygen atoms in total. The first kappa shape index (κ1) is 12.6. The average Bonchev–Trinajstić information content (AvgIpc) is 2.27. The zero-order valence-corrected chi connectivity index (χ0v) is 9.48. The van der Waals surface area contributed by atoms with E-state index in [1.165, 1.54) is 17.2 Å². The molecule has 0 saturated carbocycles. The van der Waals surface area contributed by atoms with Gasteiger partial charge in [0.25, 0.3) is 5.91 Å². The molecule has 0 bridgehead atoms. The van der Waals surface area contributed by atoms with Crippen LogP contribution in [0.2, 0.25) is 0 Å². The van der Waals surface area contributed by atoms with E-state index < -0.39 is 5.82 Å². The van der Waals surface area contributed by atoms with Gasteiger partial charge in [0, 0.05) is 19.8 Å². The molecule has 2 N–H and O–H groups in total. The van der Waals surface area contributed by atoms with Crippen LogP contribution in [0.5, 0.6) is 0 Å². The van der Waals surface area contributed by atoms with E-state index in [1.54, 1.807) is 7.05 Å². The van der Waals surface area contributed by atoms with Crippen molar-refractivity contribution in [3.63, 3.8) is 0 Å². The van der Waals surface area contributed by atoms with Gasteiger partial charge in [-0.2, -0.15) is 0 Å². The van der Waals surface area contributed by atoms with Crippen LogP contribution in [0.1, 0.15) is 17.3 Å². The number of nitrogens with two attached hydrogens (primary N) is 1. The van der Waals surface area contributed by atoms with Crippen LogP contribution < -0.4 is 5.73 Å². The summed E-state index contributed by atoms with van der Waals surface area (Å²) in [5, 5.41) is 0. The number of aromatic nitrogens is 1. The van der Waals surface area contributed by atoms with E-state index in [9.17, 15) is 9.18 Å². The van der Waals surface area contributed by atoms with Gasteiger partial charge in [-0.3, -0.25) is 9.78 Å². The molecule has 16 heavy (non-hydrogen) atoms. The number of hydrogen-bond acceptors (Lipinski definition) is 3. The Balaban J connectivity index is 2.70. The molecule has 0 radical (unpaired) electrons. The minimum atomic E-state index is -0.508. The lowest BCUT2D eigenvalue weighted by atomic mass is 10.1. The number of nitrogens with zero attached hydrogens (tertiary/aromatic N) is 2. The number of halogens is 1. The molecule has 1 unspecified atom stereocenters. The molecule has 88 valence electrons. The number of amides is 1. The molecule has 1 rings (SSSR count). The lowest BCUT2D eigenvalue weighted by molar-refractivity contribution is 0.0776. The van der Waals surface area contributed by atoms with E-state index in [-0.39, 0.29) is 17.4 Å². The van der Waals surface area contributed by atoms with E-state index in [1.807, 2.05) is 6.92 Å². The monoisotopic (exact) mass is 225 g/mol. The molecule has 0 aromatic carbocycles. The quantitative estimate of drug-likeness (QED) is 0.827. The lowest BCUT2D eigenvalue weighted by Crippen LogP contribution is -2.33. The van der Waals surface area contributed by atoms with Gasteiger partial charge >= 0.3 is 0 Å². The van der Waals surface area contributed by atoms with E-state index in [0.29, 0.717) is 13.1 Å². The summed E-state index contributed by atoms with van der Waals surface area (Å²) < 4.78 is 12.9. The Labute approximate surface area is 94.3 Å². The van der Waals surface area contributed by atoms with Crippen LogP contribution in [-0.2, 0) is 0 Å². The number of rotatable bonds is 4. The average molecular weight is 225 g/mol. The van der Waals surface area contributed by atoms with E-state index in [2.05, 4.69) is 4.98 Å². The molecule has 1 aromatic heterocycles. The van der Waals surface area contributed by atoms with E-state index in [4.69, 9.17) is 5.73 Å². The summed E-state index contributed by atoms with van der Waals surface area (Å²) in [4.78, 5) is 17.0. The van der Waals surface area contributed by atoms with Crippen molar-refractivity contribution in [3.05, 3.63) is 29.8 Å². The largest absolute Gasteiger partial charge is 0.341 e. The summed E-state index contributed by atoms with van der Waals surface area (Å²) in [6.45, 7) is 3.01. The van der Waals surface area contributed by atoms with Crippen LogP contribution >= 0.6 is 0 Å². The third kappa shape index (κ3) is 3.27. The molecule has 1 amide bonds. The number of carbonyl (C=O) groups excluding carboxylic acids is 1. The smallest absolute Gasteiger partial charge is 0.255 e. The Morgan fingerprint density at radius 1 is 1.62 bits per heavy atom. The van der Waals surface area contributed by atoms with Crippen molar-refractivity contribution < 1.29 is 9.18 Å². The van der Waals surface area contributed by atoms with Gasteiger partial charge in [0.2, 0.25) is 0 Å². The predicted molar refractivity (Wildman–Crippen MR) is 59.4 cm³/mol. The first-order chi connectivity index (χ1) is 7.54. The van der Waals surface area contributed by atoms with Crippen LogP contribution in [0.15, 0.2) is 18.5 Å². The molecule has 1 aromatic rings. The Morgan fingerprint density at radius 3 is 2.88 bits per heavy atom. The maximum absolute atomic E-state index is 12.9. The fraction of sp³-hybridized carbons (Fsp3) is 0.455. The van der Waals surface area contributed by atoms with Crippen molar-refractivity contribution in [3.8, 4) is 0 Å². The first-order valence-corrected chi connectivity index (χ1v) is 5.10. The van der Waals surface area contributed by atoms with Gasteiger partial charge in [-0.05, 0) is 18.5 Å². The van der Waals surface area contributed by atoms with Crippen LogP contribution in [0.25, 0.3) is 0 Å². The number of pyridine rings is 1. The van der Waals surface area contributed by atoms with Gasteiger partial charge < -0.3 is 10.6 Å². The number of carbonyl (C=O) groups is 1. The van der Waals surface area contributed by atoms with Crippen molar-refractivity contribution in [2.45, 2.75) is 6.92 Å². The normalized spacial score (nSPS) is 12.2. The maximum Gasteiger partial charge on any atom is 0.255 e. The standard InChI is InChI=1S/C11H16FN3O/c1-8(4-13)7-15(2)11(16)9-3-10(12)6-14-5-9/h3,5-6,8H,4,7,13H2,1-2H3. The number of hydrogen-bond donors (Lipinski definition) is 1. The zero-order chi connectivity index (χ0) is 12.1. The van der Waals surface area contributed by atoms with E-state index >= 15 is 0 Å². The minimum absolute atomic E-state index is 0.218. The third-order valence-corrected chi connectivity index (χ3v) is 2.29. The molecule has 0 aliphatic rings. The summed E-state index contributed by atoms with van der Waals surface area (Å²) in [6.07, 6.45) is 2.42. The van der Waals surface area contributed by atoms with Crippen molar-refractivity contribution in [1.82, 2.24) is 9.88 Å². The fourth-order valence-corrected chi connectivity index (χ4v) is 1.37. The second kappa shape index (κ2) is 5.55. The summed E-state index contributed by atoms with van der Waals surface area (Å²) >= 11 is 0. The Morgan fingerprint density at radius 2 is 2.31 bits per heavy atom. The molecule has 1 heterocycles. The second-order valence-corrected chi connectivity index (χ2v) is 3.92. The predicted octanol–water partition coefficient (Wildman–Crippen LogP) is 0.887. The lowest BCUT2D eigenvalue weighted by Gasteiger charge is -2.20. The Bertz CT molecular complexity index is 370. The maximum atomic E-state index is 12.9. The molecule has 1 atom stereocenters. The Hall–Kier alpha value is -1.49. The fourth-order valence-electron chi connectivity index (χ4n) is 1.37. The van der Waals surface area contributed by atoms with Gasteiger partial charge in [0.1, 0.15) is 5.82 Å². The molecule has 0 saturated heterocycles. The molecule has 0 aliphatic heterocycles. The second-order valence-electron chi connectivity index (χ2n) is 3.92. The highest BCUT2D eigenvalue weighted by molar-refractivity contribution is 5.93. The summed E-state index contributed by atoms with van der Waals surface area (Å²) in [5.41, 5.74) is 5.73. The zero-order valence-electron chi connectivity index (χ0n) is 9.48. The summed E-state index contributed by atoms with van der Waals surface area (Å²) in [6, 6.07) is 1.18. The molecular formula is C11H16FN3O. The van der Waals surface area contributed by atoms with Gasteiger partial charge in [-0.1, -0.05) is 6.92 Å². The van der Waals surface area contributed by atoms with E-state index in [0.717, 1.165) is 6.20 Å². The van der Waals surface area contributed by atoms with Crippen molar-refractivity contribution in [2.75, 3.05) is 20.1 Å². The van der Waals surface area contributed by atoms with Gasteiger partial charge in [-0.15, -0.1) is 0 Å². The molecule has 0 spiro atoms. The first-order valence-electron chi connectivity index (χ1n) is 5.10. The van der Waals surface area contributed by atoms with Crippen molar-refractivity contribution in [1.29, 1.82) is 0 Å². The summed E-state index contributed by atoms with van der Waals surface area (Å²) in [7, 11) is 1.67. The Kier molecular flexibility index (Phi) is 4.37. The molecule has 5 heteroatoms. The van der Waals surface area contributed by atoms with Crippen LogP contribution in [0, 0.1) is 11.7 Å². The highest BCUT2D eigenvalue weighted by Crippen LogP contribution is 2.06. The summed E-state index contributed by atoms with van der Waals surface area (Å²) in [5.74, 6) is -0.533. The highest BCUT2D eigenvalue weighted by atomic mass is 19.1. The molecule has 0 aliphatic carbocycles. The van der Waals surface area contributed by atoms with Crippen LogP contribution in [0.4, 0.5) is 4.39 Å². The van der Waals surface area contributed by atoms with Crippen LogP contribution in [0.3, 0.4) is 0 Å². The minimum Gasteiger partial charge on any atom is -0.341 e. The van der Waals surface area contributed by atoms with Crippen molar-refractivity contribution >= 4 is 5.91 Å². The van der Waals surface area contributed by atoms with Gasteiger partial charge in [0.05, 0.1) is 11.8 Å². The van der Waals surface area contributed by atoms with Gasteiger partial charge in [-0.25, -0.2) is 4.39 Å². The van der Waals surface area contributed by atoms with Crippen LogP contribution in [-0.4, -0.2) is 35.9 Å². The molecule has 0 fully saturated rings. The van der Waals surface area contributed by atoms with Crippen molar-refractivity contribution in [2.24, 2.45) is 11.7 Å². The highest BCUT2D eigenvalue weighted by Gasteiger charge is 2.14. The topological polar surface area (TPSA) is 59.2 Å². The van der Waals surface area contributed by atoms with Gasteiger partial charge in [0.15, 0.2) is 0 Å². The third-order valence-electron chi connectivity index (χ3n) is 2.29.